The van der Waals surface area contributed by atoms with Crippen molar-refractivity contribution in [2.45, 2.75) is 51.2 Å². The van der Waals surface area contributed by atoms with Crippen molar-refractivity contribution in [1.29, 1.82) is 0 Å². The third kappa shape index (κ3) is 2.50. The second-order valence-corrected chi connectivity index (χ2v) is 6.15. The average Bonchev–Trinajstić information content (AvgIpc) is 2.53. The third-order valence-electron chi connectivity index (χ3n) is 4.18. The minimum Gasteiger partial charge on any atom is -0.385 e. The van der Waals surface area contributed by atoms with Gasteiger partial charge in [-0.15, -0.1) is 0 Å². The van der Waals surface area contributed by atoms with Gasteiger partial charge in [0.2, 0.25) is 0 Å². The second-order valence-electron chi connectivity index (χ2n) is 6.15. The van der Waals surface area contributed by atoms with Gasteiger partial charge >= 0.3 is 12.2 Å². The van der Waals surface area contributed by atoms with Crippen molar-refractivity contribution >= 4 is 11.9 Å². The summed E-state index contributed by atoms with van der Waals surface area (Å²) in [7, 11) is 0. The van der Waals surface area contributed by atoms with Crippen LogP contribution in [-0.4, -0.2) is 35.0 Å². The number of halogens is 3. The SMILES string of the molecule is CC(C)CN1C(=O)N=C(N)C12CCCC(C(F)(F)F)C2. The van der Waals surface area contributed by atoms with Crippen molar-refractivity contribution in [2.24, 2.45) is 22.6 Å². The van der Waals surface area contributed by atoms with E-state index in [0.29, 0.717) is 19.4 Å². The van der Waals surface area contributed by atoms with Gasteiger partial charge in [0.15, 0.2) is 0 Å². The Bertz CT molecular complexity index is 433. The number of hydrogen-bond donors (Lipinski definition) is 1. The van der Waals surface area contributed by atoms with E-state index in [-0.39, 0.29) is 24.6 Å². The lowest BCUT2D eigenvalue weighted by molar-refractivity contribution is -0.188. The van der Waals surface area contributed by atoms with Crippen LogP contribution in [0.25, 0.3) is 0 Å². The van der Waals surface area contributed by atoms with Crippen molar-refractivity contribution < 1.29 is 18.0 Å². The lowest BCUT2D eigenvalue weighted by Gasteiger charge is -2.44. The number of hydrogen-bond acceptors (Lipinski definition) is 2. The van der Waals surface area contributed by atoms with E-state index in [0.717, 1.165) is 0 Å². The molecule has 20 heavy (non-hydrogen) atoms. The van der Waals surface area contributed by atoms with Crippen LogP contribution in [0.3, 0.4) is 0 Å². The summed E-state index contributed by atoms with van der Waals surface area (Å²) in [5, 5.41) is 0. The highest BCUT2D eigenvalue weighted by atomic mass is 19.4. The Labute approximate surface area is 116 Å². The quantitative estimate of drug-likeness (QED) is 0.850. The normalized spacial score (nSPS) is 31.3. The monoisotopic (exact) mass is 291 g/mol. The number of rotatable bonds is 2. The van der Waals surface area contributed by atoms with Crippen molar-refractivity contribution in [3.8, 4) is 0 Å². The van der Waals surface area contributed by atoms with Gasteiger partial charge in [-0.3, -0.25) is 0 Å². The van der Waals surface area contributed by atoms with Crippen LogP contribution in [0.4, 0.5) is 18.0 Å². The Hall–Kier alpha value is -1.27. The average molecular weight is 291 g/mol. The van der Waals surface area contributed by atoms with Gasteiger partial charge in [-0.1, -0.05) is 20.3 Å². The summed E-state index contributed by atoms with van der Waals surface area (Å²) in [6.07, 6.45) is -3.44. The molecule has 2 aliphatic rings. The predicted molar refractivity (Wildman–Crippen MR) is 69.3 cm³/mol. The Morgan fingerprint density at radius 2 is 2.15 bits per heavy atom. The molecular weight excluding hydrogens is 271 g/mol. The highest BCUT2D eigenvalue weighted by Crippen LogP contribution is 2.46. The first-order valence-corrected chi connectivity index (χ1v) is 6.90. The zero-order chi connectivity index (χ0) is 15.1. The molecule has 0 radical (unpaired) electrons. The number of aliphatic imine (C=N–C) groups is 1. The molecular formula is C13H20F3N3O. The highest BCUT2D eigenvalue weighted by molar-refractivity contribution is 6.05. The van der Waals surface area contributed by atoms with Gasteiger partial charge in [0.25, 0.3) is 0 Å². The lowest BCUT2D eigenvalue weighted by atomic mass is 9.74. The van der Waals surface area contributed by atoms with Crippen LogP contribution < -0.4 is 5.73 Å². The van der Waals surface area contributed by atoms with Crippen molar-refractivity contribution in [3.63, 3.8) is 0 Å². The summed E-state index contributed by atoms with van der Waals surface area (Å²) in [6, 6.07) is -0.501. The van der Waals surface area contributed by atoms with Crippen LogP contribution in [0.15, 0.2) is 4.99 Å². The molecule has 2 N–H and O–H groups in total. The highest BCUT2D eigenvalue weighted by Gasteiger charge is 2.55. The fourth-order valence-corrected chi connectivity index (χ4v) is 3.22. The first-order valence-electron chi connectivity index (χ1n) is 6.90. The fourth-order valence-electron chi connectivity index (χ4n) is 3.22. The van der Waals surface area contributed by atoms with Crippen LogP contribution in [0.5, 0.6) is 0 Å². The van der Waals surface area contributed by atoms with E-state index in [9.17, 15) is 18.0 Å². The molecule has 0 aromatic rings. The number of nitrogens with two attached hydrogens (primary N) is 1. The molecule has 114 valence electrons. The molecule has 0 saturated heterocycles. The molecule has 2 rings (SSSR count). The standard InChI is InChI=1S/C13H20F3N3O/c1-8(2)7-19-11(20)18-10(17)12(19)5-3-4-9(6-12)13(14,15)16/h8-9H,3-7H2,1-2H3,(H2,17,18,20). The van der Waals surface area contributed by atoms with E-state index in [1.165, 1.54) is 4.90 Å². The summed E-state index contributed by atoms with van der Waals surface area (Å²) < 4.78 is 39.0. The van der Waals surface area contributed by atoms with Crippen molar-refractivity contribution in [2.75, 3.05) is 6.54 Å². The number of nitrogens with zero attached hydrogens (tertiary/aromatic N) is 2. The van der Waals surface area contributed by atoms with E-state index < -0.39 is 23.7 Å². The topological polar surface area (TPSA) is 58.7 Å². The van der Waals surface area contributed by atoms with Crippen LogP contribution >= 0.6 is 0 Å². The summed E-state index contributed by atoms with van der Waals surface area (Å²) in [5.74, 6) is -1.20. The molecule has 2 unspecified atom stereocenters. The Kier molecular flexibility index (Phi) is 3.73. The maximum atomic E-state index is 13.0. The van der Waals surface area contributed by atoms with Gasteiger partial charge in [-0.05, 0) is 25.2 Å². The van der Waals surface area contributed by atoms with E-state index in [1.807, 2.05) is 13.8 Å². The first kappa shape index (κ1) is 15.1. The predicted octanol–water partition coefficient (Wildman–Crippen LogP) is 2.93. The smallest absolute Gasteiger partial charge is 0.385 e. The number of alkyl halides is 3. The number of urea groups is 1. The molecule has 0 bridgehead atoms. The molecule has 2 amide bonds. The lowest BCUT2D eigenvalue weighted by Crippen LogP contribution is -2.58. The van der Waals surface area contributed by atoms with Gasteiger partial charge in [0, 0.05) is 6.54 Å². The summed E-state index contributed by atoms with van der Waals surface area (Å²) in [5.41, 5.74) is 4.80. The summed E-state index contributed by atoms with van der Waals surface area (Å²) in [4.78, 5) is 17.1. The molecule has 1 saturated carbocycles. The molecule has 1 heterocycles. The molecule has 1 fully saturated rings. The molecule has 0 aromatic carbocycles. The van der Waals surface area contributed by atoms with Crippen LogP contribution in [0.2, 0.25) is 0 Å². The Balaban J connectivity index is 2.30. The zero-order valence-electron chi connectivity index (χ0n) is 11.7. The number of amides is 2. The van der Waals surface area contributed by atoms with Gasteiger partial charge in [-0.25, -0.2) is 4.79 Å². The maximum absolute atomic E-state index is 13.0. The van der Waals surface area contributed by atoms with E-state index in [1.54, 1.807) is 0 Å². The van der Waals surface area contributed by atoms with E-state index in [2.05, 4.69) is 4.99 Å². The van der Waals surface area contributed by atoms with Crippen LogP contribution in [-0.2, 0) is 0 Å². The fraction of sp³-hybridized carbons (Fsp3) is 0.846. The van der Waals surface area contributed by atoms with Crippen LogP contribution in [0, 0.1) is 11.8 Å². The molecule has 1 spiro atoms. The second kappa shape index (κ2) is 4.93. The molecule has 4 nitrogen and oxygen atoms in total. The molecule has 1 aliphatic carbocycles. The first-order chi connectivity index (χ1) is 9.17. The molecule has 2 atom stereocenters. The van der Waals surface area contributed by atoms with Crippen molar-refractivity contribution in [1.82, 2.24) is 4.90 Å². The zero-order valence-corrected chi connectivity index (χ0v) is 11.7. The third-order valence-corrected chi connectivity index (χ3v) is 4.18. The number of carbonyl (C=O) groups is 1. The molecule has 7 heteroatoms. The summed E-state index contributed by atoms with van der Waals surface area (Å²) in [6.45, 7) is 4.22. The largest absolute Gasteiger partial charge is 0.391 e. The minimum absolute atomic E-state index is 0.0529. The van der Waals surface area contributed by atoms with E-state index >= 15 is 0 Å². The number of carbonyl (C=O) groups excluding carboxylic acids is 1. The van der Waals surface area contributed by atoms with Gasteiger partial charge < -0.3 is 10.6 Å². The van der Waals surface area contributed by atoms with Gasteiger partial charge in [0.1, 0.15) is 11.4 Å². The Morgan fingerprint density at radius 1 is 1.50 bits per heavy atom. The van der Waals surface area contributed by atoms with Crippen LogP contribution in [0.1, 0.15) is 39.5 Å². The minimum atomic E-state index is -4.25. The van der Waals surface area contributed by atoms with Gasteiger partial charge in [0.05, 0.1) is 5.92 Å². The molecule has 1 aliphatic heterocycles. The van der Waals surface area contributed by atoms with Crippen molar-refractivity contribution in [3.05, 3.63) is 0 Å². The van der Waals surface area contributed by atoms with Gasteiger partial charge in [-0.2, -0.15) is 18.2 Å². The summed E-state index contributed by atoms with van der Waals surface area (Å²) >= 11 is 0. The molecule has 0 aromatic heterocycles. The Morgan fingerprint density at radius 3 is 2.70 bits per heavy atom. The van der Waals surface area contributed by atoms with E-state index in [4.69, 9.17) is 5.73 Å². The maximum Gasteiger partial charge on any atom is 0.391 e. The number of amidine groups is 1.